The molecule has 2 unspecified atom stereocenters. The van der Waals surface area contributed by atoms with Gasteiger partial charge in [0.25, 0.3) is 0 Å². The molecule has 118 valence electrons. The number of aliphatic hydroxyl groups excluding tert-OH is 1. The number of carbonyl (C=O) groups excluding carboxylic acids is 1. The molecule has 6 heteroatoms. The predicted octanol–water partition coefficient (Wildman–Crippen LogP) is 1.56. The van der Waals surface area contributed by atoms with Gasteiger partial charge in [-0.05, 0) is 18.8 Å². The molecule has 0 spiro atoms. The summed E-state index contributed by atoms with van der Waals surface area (Å²) in [5.41, 5.74) is 0. The Labute approximate surface area is 132 Å². The lowest BCUT2D eigenvalue weighted by molar-refractivity contribution is -0.122. The fourth-order valence-electron chi connectivity index (χ4n) is 2.95. The van der Waals surface area contributed by atoms with Crippen LogP contribution in [0.5, 0.6) is 0 Å². The van der Waals surface area contributed by atoms with Gasteiger partial charge >= 0.3 is 0 Å². The van der Waals surface area contributed by atoms with Crippen LogP contribution in [0.3, 0.4) is 0 Å². The van der Waals surface area contributed by atoms with Gasteiger partial charge in [0.1, 0.15) is 0 Å². The van der Waals surface area contributed by atoms with E-state index < -0.39 is 0 Å². The third kappa shape index (κ3) is 6.20. The summed E-state index contributed by atoms with van der Waals surface area (Å²) in [5, 5.41) is 16.3. The van der Waals surface area contributed by atoms with Crippen LogP contribution in [0.25, 0.3) is 0 Å². The van der Waals surface area contributed by atoms with Crippen LogP contribution >= 0.6 is 24.2 Å². The third-order valence-electron chi connectivity index (χ3n) is 4.13. The van der Waals surface area contributed by atoms with Gasteiger partial charge < -0.3 is 15.7 Å². The van der Waals surface area contributed by atoms with Crippen LogP contribution in [0.1, 0.15) is 38.5 Å². The Hall–Kier alpha value is 0.0300. The highest BCUT2D eigenvalue weighted by molar-refractivity contribution is 7.99. The van der Waals surface area contributed by atoms with Crippen molar-refractivity contribution in [2.45, 2.75) is 50.7 Å². The first-order chi connectivity index (χ1) is 9.25. The molecule has 0 aromatic carbocycles. The Balaban J connectivity index is 0.00000200. The van der Waals surface area contributed by atoms with Gasteiger partial charge in [-0.25, -0.2) is 0 Å². The Bertz CT molecular complexity index is 282. The van der Waals surface area contributed by atoms with Gasteiger partial charge in [-0.2, -0.15) is 11.8 Å². The van der Waals surface area contributed by atoms with Crippen LogP contribution in [0.2, 0.25) is 0 Å². The van der Waals surface area contributed by atoms with E-state index in [0.717, 1.165) is 30.9 Å². The van der Waals surface area contributed by atoms with Crippen molar-refractivity contribution >= 4 is 30.1 Å². The number of nitrogens with one attached hydrogen (secondary N) is 2. The molecule has 1 heterocycles. The van der Waals surface area contributed by atoms with E-state index in [1.54, 1.807) is 0 Å². The quantitative estimate of drug-likeness (QED) is 0.719. The lowest BCUT2D eigenvalue weighted by atomic mass is 9.85. The minimum absolute atomic E-state index is 0. The summed E-state index contributed by atoms with van der Waals surface area (Å²) in [4.78, 5) is 11.8. The zero-order chi connectivity index (χ0) is 13.5. The van der Waals surface area contributed by atoms with E-state index in [2.05, 4.69) is 10.6 Å². The number of hydrogen-bond acceptors (Lipinski definition) is 4. The van der Waals surface area contributed by atoms with E-state index in [4.69, 9.17) is 0 Å². The minimum atomic E-state index is -0.363. The minimum Gasteiger partial charge on any atom is -0.391 e. The highest BCUT2D eigenvalue weighted by Crippen LogP contribution is 2.26. The summed E-state index contributed by atoms with van der Waals surface area (Å²) < 4.78 is 0. The van der Waals surface area contributed by atoms with Crippen molar-refractivity contribution in [1.82, 2.24) is 10.6 Å². The van der Waals surface area contributed by atoms with Gasteiger partial charge in [0.15, 0.2) is 0 Å². The maximum Gasteiger partial charge on any atom is 0.221 e. The van der Waals surface area contributed by atoms with Crippen molar-refractivity contribution in [1.29, 1.82) is 0 Å². The zero-order valence-corrected chi connectivity index (χ0v) is 13.6. The van der Waals surface area contributed by atoms with Crippen LogP contribution in [0.4, 0.5) is 0 Å². The van der Waals surface area contributed by atoms with Crippen LogP contribution in [-0.2, 0) is 4.79 Å². The molecule has 1 saturated carbocycles. The SMILES string of the molecule is Cl.O=C(CC1CSCCN1)NCC(O)C1CCCCC1. The van der Waals surface area contributed by atoms with Gasteiger partial charge in [0, 0.05) is 37.1 Å². The molecule has 0 bridgehead atoms. The van der Waals surface area contributed by atoms with Crippen molar-refractivity contribution < 1.29 is 9.90 Å². The number of hydrogen-bond donors (Lipinski definition) is 3. The van der Waals surface area contributed by atoms with Gasteiger partial charge in [0.2, 0.25) is 5.91 Å². The number of amides is 1. The average molecular weight is 323 g/mol. The van der Waals surface area contributed by atoms with Gasteiger partial charge in [-0.3, -0.25) is 4.79 Å². The standard InChI is InChI=1S/C14H26N2O2S.ClH/c17-13(11-4-2-1-3-5-11)9-16-14(18)8-12-10-19-7-6-15-12;/h11-13,15,17H,1-10H2,(H,16,18);1H. The second-order valence-corrected chi connectivity index (χ2v) is 6.85. The van der Waals surface area contributed by atoms with Crippen LogP contribution in [0, 0.1) is 5.92 Å². The summed E-state index contributed by atoms with van der Waals surface area (Å²) in [6.45, 7) is 1.41. The lowest BCUT2D eigenvalue weighted by Gasteiger charge is -2.27. The summed E-state index contributed by atoms with van der Waals surface area (Å²) >= 11 is 1.90. The maximum atomic E-state index is 11.8. The number of thioether (sulfide) groups is 1. The third-order valence-corrected chi connectivity index (χ3v) is 5.26. The monoisotopic (exact) mass is 322 g/mol. The second kappa shape index (κ2) is 9.87. The van der Waals surface area contributed by atoms with E-state index in [0.29, 0.717) is 24.9 Å². The highest BCUT2D eigenvalue weighted by Gasteiger charge is 2.22. The van der Waals surface area contributed by atoms with E-state index in [-0.39, 0.29) is 24.4 Å². The molecule has 0 aromatic rings. The summed E-state index contributed by atoms with van der Waals surface area (Å²) in [5.74, 6) is 2.60. The molecule has 2 aliphatic rings. The van der Waals surface area contributed by atoms with Crippen molar-refractivity contribution in [3.8, 4) is 0 Å². The second-order valence-electron chi connectivity index (χ2n) is 5.70. The molecule has 1 saturated heterocycles. The molecule has 1 aliphatic heterocycles. The first-order valence-electron chi connectivity index (χ1n) is 7.51. The molecular weight excluding hydrogens is 296 g/mol. The topological polar surface area (TPSA) is 61.4 Å². The molecule has 4 nitrogen and oxygen atoms in total. The predicted molar refractivity (Wildman–Crippen MR) is 86.6 cm³/mol. The molecule has 1 amide bonds. The number of carbonyl (C=O) groups is 1. The van der Waals surface area contributed by atoms with E-state index in [1.807, 2.05) is 11.8 Å². The van der Waals surface area contributed by atoms with Gasteiger partial charge in [0.05, 0.1) is 6.10 Å². The Kier molecular flexibility index (Phi) is 8.93. The molecule has 2 atom stereocenters. The molecule has 3 N–H and O–H groups in total. The first kappa shape index (κ1) is 18.1. The van der Waals surface area contributed by atoms with Crippen molar-refractivity contribution in [2.75, 3.05) is 24.6 Å². The fourth-order valence-corrected chi connectivity index (χ4v) is 3.90. The molecular formula is C14H27ClN2O2S. The Morgan fingerprint density at radius 3 is 2.75 bits per heavy atom. The number of halogens is 1. The fraction of sp³-hybridized carbons (Fsp3) is 0.929. The normalized spacial score (nSPS) is 25.6. The number of aliphatic hydroxyl groups is 1. The zero-order valence-electron chi connectivity index (χ0n) is 12.0. The van der Waals surface area contributed by atoms with Crippen LogP contribution in [-0.4, -0.2) is 47.8 Å². The van der Waals surface area contributed by atoms with Crippen molar-refractivity contribution in [3.05, 3.63) is 0 Å². The van der Waals surface area contributed by atoms with Gasteiger partial charge in [-0.15, -0.1) is 12.4 Å². The summed E-state index contributed by atoms with van der Waals surface area (Å²) in [7, 11) is 0. The molecule has 2 rings (SSSR count). The van der Waals surface area contributed by atoms with E-state index >= 15 is 0 Å². The van der Waals surface area contributed by atoms with Crippen LogP contribution in [0.15, 0.2) is 0 Å². The number of rotatable bonds is 5. The Morgan fingerprint density at radius 2 is 2.10 bits per heavy atom. The largest absolute Gasteiger partial charge is 0.391 e. The Morgan fingerprint density at radius 1 is 1.35 bits per heavy atom. The van der Waals surface area contributed by atoms with Crippen molar-refractivity contribution in [3.63, 3.8) is 0 Å². The maximum absolute atomic E-state index is 11.8. The first-order valence-corrected chi connectivity index (χ1v) is 8.67. The van der Waals surface area contributed by atoms with E-state index in [1.165, 1.54) is 19.3 Å². The molecule has 20 heavy (non-hydrogen) atoms. The van der Waals surface area contributed by atoms with E-state index in [9.17, 15) is 9.90 Å². The van der Waals surface area contributed by atoms with Crippen molar-refractivity contribution in [2.24, 2.45) is 5.92 Å². The van der Waals surface area contributed by atoms with Crippen LogP contribution < -0.4 is 10.6 Å². The average Bonchev–Trinajstić information content (AvgIpc) is 2.47. The summed E-state index contributed by atoms with van der Waals surface area (Å²) in [6.07, 6.45) is 6.12. The lowest BCUT2D eigenvalue weighted by Crippen LogP contribution is -2.43. The summed E-state index contributed by atoms with van der Waals surface area (Å²) in [6, 6.07) is 0.297. The molecule has 2 fully saturated rings. The molecule has 0 aromatic heterocycles. The van der Waals surface area contributed by atoms with Gasteiger partial charge in [-0.1, -0.05) is 19.3 Å². The molecule has 1 aliphatic carbocycles. The molecule has 0 radical (unpaired) electrons. The highest BCUT2D eigenvalue weighted by atomic mass is 35.5. The smallest absolute Gasteiger partial charge is 0.221 e.